The van der Waals surface area contributed by atoms with Gasteiger partial charge in [0.05, 0.1) is 6.61 Å². The quantitative estimate of drug-likeness (QED) is 0.620. The topological polar surface area (TPSA) is 38.3 Å². The van der Waals surface area contributed by atoms with Crippen LogP contribution in [0.25, 0.3) is 0 Å². The molecule has 0 aromatic heterocycles. The van der Waals surface area contributed by atoms with E-state index in [1.54, 1.807) is 13.8 Å². The summed E-state index contributed by atoms with van der Waals surface area (Å²) in [5.74, 6) is -0.244. The van der Waals surface area contributed by atoms with Gasteiger partial charge in [-0.3, -0.25) is 0 Å². The second-order valence-corrected chi connectivity index (χ2v) is 4.15. The molecule has 0 heterocycles. The number of hydrogen-bond acceptors (Lipinski definition) is 3. The lowest BCUT2D eigenvalue weighted by Gasteiger charge is -2.12. The zero-order chi connectivity index (χ0) is 13.4. The summed E-state index contributed by atoms with van der Waals surface area (Å²) in [5.41, 5.74) is 1.88. The maximum atomic E-state index is 11.4. The Morgan fingerprint density at radius 2 is 2.06 bits per heavy atom. The zero-order valence-corrected chi connectivity index (χ0v) is 11.3. The van der Waals surface area contributed by atoms with Gasteiger partial charge in [0.2, 0.25) is 0 Å². The van der Waals surface area contributed by atoms with Crippen LogP contribution in [-0.4, -0.2) is 19.1 Å². The highest BCUT2D eigenvalue weighted by Gasteiger charge is 2.05. The van der Waals surface area contributed by atoms with Gasteiger partial charge in [0.25, 0.3) is 0 Å². The molecule has 1 aromatic rings. The van der Waals surface area contributed by atoms with Gasteiger partial charge in [-0.05, 0) is 26.3 Å². The highest BCUT2D eigenvalue weighted by atomic mass is 16.5. The molecule has 0 bridgehead atoms. The Balaban J connectivity index is 2.42. The van der Waals surface area contributed by atoms with Crippen molar-refractivity contribution in [3.05, 3.63) is 47.5 Å². The van der Waals surface area contributed by atoms with Crippen LogP contribution in [-0.2, 0) is 9.53 Å². The fraction of sp³-hybridized carbons (Fsp3) is 0.400. The Hall–Kier alpha value is -1.61. The normalized spacial score (nSPS) is 13.2. The fourth-order valence-corrected chi connectivity index (χ4v) is 1.58. The zero-order valence-electron chi connectivity index (χ0n) is 11.3. The molecular weight excluding hydrogens is 226 g/mol. The number of nitrogens with one attached hydrogen (secondary N) is 1. The van der Waals surface area contributed by atoms with Gasteiger partial charge >= 0.3 is 5.97 Å². The van der Waals surface area contributed by atoms with E-state index < -0.39 is 0 Å². The van der Waals surface area contributed by atoms with Gasteiger partial charge in [-0.15, -0.1) is 0 Å². The van der Waals surface area contributed by atoms with E-state index >= 15 is 0 Å². The minimum Gasteiger partial charge on any atom is -0.463 e. The molecule has 0 aliphatic rings. The lowest BCUT2D eigenvalue weighted by atomic mass is 10.1. The van der Waals surface area contributed by atoms with Crippen LogP contribution in [0, 0.1) is 0 Å². The largest absolute Gasteiger partial charge is 0.463 e. The molecule has 3 heteroatoms. The number of benzene rings is 1. The van der Waals surface area contributed by atoms with Crippen molar-refractivity contribution in [2.24, 2.45) is 0 Å². The maximum absolute atomic E-state index is 11.4. The van der Waals surface area contributed by atoms with Crippen LogP contribution in [0.2, 0.25) is 0 Å². The predicted molar refractivity (Wildman–Crippen MR) is 73.2 cm³/mol. The minimum atomic E-state index is -0.244. The molecule has 1 N–H and O–H groups in total. The van der Waals surface area contributed by atoms with E-state index in [0.29, 0.717) is 18.7 Å². The van der Waals surface area contributed by atoms with Crippen molar-refractivity contribution in [3.63, 3.8) is 0 Å². The average molecular weight is 247 g/mol. The van der Waals surface area contributed by atoms with Crippen molar-refractivity contribution in [2.75, 3.05) is 13.2 Å². The van der Waals surface area contributed by atoms with Gasteiger partial charge in [0.15, 0.2) is 0 Å². The van der Waals surface area contributed by atoms with Gasteiger partial charge in [-0.2, -0.15) is 0 Å². The molecule has 0 saturated heterocycles. The van der Waals surface area contributed by atoms with Crippen molar-refractivity contribution in [1.29, 1.82) is 0 Å². The minimum absolute atomic E-state index is 0.244. The highest BCUT2D eigenvalue weighted by molar-refractivity contribution is 5.87. The number of carbonyl (C=O) groups is 1. The SMILES string of the molecule is CCOC(=O)/C(C)=C/CN[C@H](C)c1ccccc1. The highest BCUT2D eigenvalue weighted by Crippen LogP contribution is 2.10. The van der Waals surface area contributed by atoms with Crippen molar-refractivity contribution < 1.29 is 9.53 Å². The lowest BCUT2D eigenvalue weighted by molar-refractivity contribution is -0.138. The first kappa shape index (κ1) is 14.5. The Morgan fingerprint density at radius 1 is 1.39 bits per heavy atom. The van der Waals surface area contributed by atoms with Crippen LogP contribution in [0.15, 0.2) is 42.0 Å². The van der Waals surface area contributed by atoms with Gasteiger partial charge in [0.1, 0.15) is 0 Å². The summed E-state index contributed by atoms with van der Waals surface area (Å²) in [6, 6.07) is 10.5. The first-order chi connectivity index (χ1) is 8.65. The lowest BCUT2D eigenvalue weighted by Crippen LogP contribution is -2.19. The summed E-state index contributed by atoms with van der Waals surface area (Å²) in [6.07, 6.45) is 1.86. The molecule has 1 atom stereocenters. The number of carbonyl (C=O) groups excluding carboxylic acids is 1. The first-order valence-corrected chi connectivity index (χ1v) is 6.27. The molecule has 0 spiro atoms. The molecule has 1 rings (SSSR count). The van der Waals surface area contributed by atoms with Gasteiger partial charge in [-0.1, -0.05) is 36.4 Å². The maximum Gasteiger partial charge on any atom is 0.333 e. The van der Waals surface area contributed by atoms with Gasteiger partial charge < -0.3 is 10.1 Å². The molecule has 0 aliphatic carbocycles. The summed E-state index contributed by atoms with van der Waals surface area (Å²) < 4.78 is 4.91. The van der Waals surface area contributed by atoms with Gasteiger partial charge in [-0.25, -0.2) is 4.79 Å². The van der Waals surface area contributed by atoms with Crippen LogP contribution >= 0.6 is 0 Å². The van der Waals surface area contributed by atoms with Crippen molar-refractivity contribution in [1.82, 2.24) is 5.32 Å². The van der Waals surface area contributed by atoms with E-state index in [2.05, 4.69) is 24.4 Å². The molecule has 98 valence electrons. The molecule has 0 amide bonds. The van der Waals surface area contributed by atoms with E-state index in [1.165, 1.54) is 5.56 Å². The monoisotopic (exact) mass is 247 g/mol. The number of ether oxygens (including phenoxy) is 1. The molecule has 0 unspecified atom stereocenters. The first-order valence-electron chi connectivity index (χ1n) is 6.27. The standard InChI is InChI=1S/C15H21NO2/c1-4-18-15(17)12(2)10-11-16-13(3)14-8-6-5-7-9-14/h5-10,13,16H,4,11H2,1-3H3/b12-10+/t13-/m1/s1. The third-order valence-electron chi connectivity index (χ3n) is 2.73. The van der Waals surface area contributed by atoms with Crippen molar-refractivity contribution in [2.45, 2.75) is 26.8 Å². The summed E-state index contributed by atoms with van der Waals surface area (Å²) in [5, 5.41) is 3.34. The van der Waals surface area contributed by atoms with Crippen LogP contribution in [0.4, 0.5) is 0 Å². The molecule has 3 nitrogen and oxygen atoms in total. The van der Waals surface area contributed by atoms with E-state index in [4.69, 9.17) is 4.74 Å². The molecule has 18 heavy (non-hydrogen) atoms. The second-order valence-electron chi connectivity index (χ2n) is 4.15. The van der Waals surface area contributed by atoms with E-state index in [-0.39, 0.29) is 12.0 Å². The Bertz CT molecular complexity index is 398. The number of rotatable bonds is 6. The summed E-state index contributed by atoms with van der Waals surface area (Å²) in [7, 11) is 0. The smallest absolute Gasteiger partial charge is 0.333 e. The Morgan fingerprint density at radius 3 is 2.67 bits per heavy atom. The molecule has 0 radical (unpaired) electrons. The Labute approximate surface area is 109 Å². The Kier molecular flexibility index (Phi) is 6.15. The summed E-state index contributed by atoms with van der Waals surface area (Å²) in [4.78, 5) is 11.4. The second kappa shape index (κ2) is 7.67. The molecule has 0 fully saturated rings. The molecule has 0 saturated carbocycles. The number of hydrogen-bond donors (Lipinski definition) is 1. The van der Waals surface area contributed by atoms with Crippen molar-refractivity contribution in [3.8, 4) is 0 Å². The van der Waals surface area contributed by atoms with E-state index in [9.17, 15) is 4.79 Å². The van der Waals surface area contributed by atoms with Crippen LogP contribution in [0.1, 0.15) is 32.4 Å². The average Bonchev–Trinajstić information content (AvgIpc) is 2.39. The molecule has 1 aromatic carbocycles. The van der Waals surface area contributed by atoms with Crippen LogP contribution < -0.4 is 5.32 Å². The molecular formula is C15H21NO2. The van der Waals surface area contributed by atoms with Gasteiger partial charge in [0, 0.05) is 18.2 Å². The third-order valence-corrected chi connectivity index (χ3v) is 2.73. The summed E-state index contributed by atoms with van der Waals surface area (Å²) >= 11 is 0. The predicted octanol–water partition coefficient (Wildman–Crippen LogP) is 2.85. The van der Waals surface area contributed by atoms with E-state index in [1.807, 2.05) is 24.3 Å². The molecule has 0 aliphatic heterocycles. The van der Waals surface area contributed by atoms with Crippen LogP contribution in [0.3, 0.4) is 0 Å². The van der Waals surface area contributed by atoms with E-state index in [0.717, 1.165) is 0 Å². The fourth-order valence-electron chi connectivity index (χ4n) is 1.58. The van der Waals surface area contributed by atoms with Crippen molar-refractivity contribution >= 4 is 5.97 Å². The number of esters is 1. The van der Waals surface area contributed by atoms with Crippen LogP contribution in [0.5, 0.6) is 0 Å². The summed E-state index contributed by atoms with van der Waals surface area (Å²) in [6.45, 7) is 6.75. The third kappa shape index (κ3) is 4.72.